The molecular weight excluding hydrogens is 375 g/mol. The lowest BCUT2D eigenvalue weighted by Gasteiger charge is -2.09. The van der Waals surface area contributed by atoms with Gasteiger partial charge in [-0.25, -0.2) is 13.1 Å². The fraction of sp³-hybridized carbons (Fsp3) is 0.133. The van der Waals surface area contributed by atoms with Crippen LogP contribution in [0.25, 0.3) is 0 Å². The Labute approximate surface area is 149 Å². The van der Waals surface area contributed by atoms with Crippen molar-refractivity contribution in [3.05, 3.63) is 52.5 Å². The van der Waals surface area contributed by atoms with Gasteiger partial charge >= 0.3 is 0 Å². The number of sulfonamides is 1. The van der Waals surface area contributed by atoms with Crippen LogP contribution in [0.15, 0.2) is 47.4 Å². The van der Waals surface area contributed by atoms with Crippen LogP contribution in [0.5, 0.6) is 5.75 Å². The van der Waals surface area contributed by atoms with E-state index in [2.05, 4.69) is 10.0 Å². The van der Waals surface area contributed by atoms with Crippen molar-refractivity contribution in [3.8, 4) is 5.75 Å². The number of carbonyl (C=O) groups is 1. The van der Waals surface area contributed by atoms with E-state index in [4.69, 9.17) is 27.9 Å². The van der Waals surface area contributed by atoms with Crippen molar-refractivity contribution in [2.24, 2.45) is 0 Å². The van der Waals surface area contributed by atoms with Gasteiger partial charge in [-0.05, 0) is 42.5 Å². The van der Waals surface area contributed by atoms with Crippen molar-refractivity contribution >= 4 is 44.8 Å². The molecule has 2 aromatic carbocycles. The quantitative estimate of drug-likeness (QED) is 0.796. The smallest absolute Gasteiger partial charge is 0.241 e. The SMILES string of the molecule is COc1ccc(S(=O)(=O)NCC(=O)Nc2ccc(Cl)c(Cl)c2)cc1. The Morgan fingerprint density at radius 2 is 1.75 bits per heavy atom. The van der Waals surface area contributed by atoms with Gasteiger partial charge in [0.1, 0.15) is 5.75 Å². The molecule has 1 amide bonds. The lowest BCUT2D eigenvalue weighted by molar-refractivity contribution is -0.115. The van der Waals surface area contributed by atoms with Crippen LogP contribution in [0.4, 0.5) is 5.69 Å². The van der Waals surface area contributed by atoms with E-state index in [1.54, 1.807) is 6.07 Å². The summed E-state index contributed by atoms with van der Waals surface area (Å²) in [7, 11) is -2.32. The number of hydrogen-bond acceptors (Lipinski definition) is 4. The zero-order valence-electron chi connectivity index (χ0n) is 12.5. The molecule has 0 radical (unpaired) electrons. The van der Waals surface area contributed by atoms with Crippen LogP contribution in [0, 0.1) is 0 Å². The van der Waals surface area contributed by atoms with E-state index in [9.17, 15) is 13.2 Å². The highest BCUT2D eigenvalue weighted by Gasteiger charge is 2.15. The van der Waals surface area contributed by atoms with Gasteiger partial charge in [0.15, 0.2) is 0 Å². The number of anilines is 1. The third kappa shape index (κ3) is 4.85. The van der Waals surface area contributed by atoms with Crippen LogP contribution in [0.1, 0.15) is 0 Å². The average Bonchev–Trinajstić information content (AvgIpc) is 2.56. The van der Waals surface area contributed by atoms with Gasteiger partial charge in [0.2, 0.25) is 15.9 Å². The monoisotopic (exact) mass is 388 g/mol. The molecule has 9 heteroatoms. The van der Waals surface area contributed by atoms with Gasteiger partial charge < -0.3 is 10.1 Å². The van der Waals surface area contributed by atoms with Crippen molar-refractivity contribution in [2.75, 3.05) is 19.0 Å². The Bertz CT molecular complexity index is 839. The number of nitrogens with one attached hydrogen (secondary N) is 2. The highest BCUT2D eigenvalue weighted by Crippen LogP contribution is 2.24. The standard InChI is InChI=1S/C15H14Cl2N2O4S/c1-23-11-3-5-12(6-4-11)24(21,22)18-9-15(20)19-10-2-7-13(16)14(17)8-10/h2-8,18H,9H2,1H3,(H,19,20). The van der Waals surface area contributed by atoms with Gasteiger partial charge in [0.05, 0.1) is 28.6 Å². The lowest BCUT2D eigenvalue weighted by Crippen LogP contribution is -2.32. The normalized spacial score (nSPS) is 11.1. The minimum absolute atomic E-state index is 0.0330. The van der Waals surface area contributed by atoms with Crippen molar-refractivity contribution in [3.63, 3.8) is 0 Å². The molecule has 0 heterocycles. The number of benzene rings is 2. The molecule has 0 atom stereocenters. The molecule has 6 nitrogen and oxygen atoms in total. The summed E-state index contributed by atoms with van der Waals surface area (Å²) in [5, 5.41) is 3.17. The van der Waals surface area contributed by atoms with Crippen LogP contribution < -0.4 is 14.8 Å². The molecule has 0 bridgehead atoms. The maximum Gasteiger partial charge on any atom is 0.241 e. The molecule has 0 aliphatic heterocycles. The van der Waals surface area contributed by atoms with Crippen molar-refractivity contribution < 1.29 is 17.9 Å². The van der Waals surface area contributed by atoms with E-state index in [-0.39, 0.29) is 9.92 Å². The zero-order chi connectivity index (χ0) is 17.7. The van der Waals surface area contributed by atoms with E-state index in [0.29, 0.717) is 16.5 Å². The summed E-state index contributed by atoms with van der Waals surface area (Å²) in [6.07, 6.45) is 0. The molecule has 0 spiro atoms. The average molecular weight is 389 g/mol. The summed E-state index contributed by atoms with van der Waals surface area (Å²) in [4.78, 5) is 11.9. The highest BCUT2D eigenvalue weighted by atomic mass is 35.5. The number of halogens is 2. The topological polar surface area (TPSA) is 84.5 Å². The van der Waals surface area contributed by atoms with Crippen molar-refractivity contribution in [2.45, 2.75) is 4.90 Å². The summed E-state index contributed by atoms with van der Waals surface area (Å²) >= 11 is 11.6. The summed E-state index contributed by atoms with van der Waals surface area (Å²) in [5.41, 5.74) is 0.415. The zero-order valence-corrected chi connectivity index (χ0v) is 14.9. The van der Waals surface area contributed by atoms with Crippen LogP contribution in [-0.2, 0) is 14.8 Å². The molecule has 0 aliphatic carbocycles. The Balaban J connectivity index is 1.97. The molecule has 2 rings (SSSR count). The first-order valence-electron chi connectivity index (χ1n) is 6.70. The maximum absolute atomic E-state index is 12.1. The predicted octanol–water partition coefficient (Wildman–Crippen LogP) is 2.92. The summed E-state index contributed by atoms with van der Waals surface area (Å²) in [6, 6.07) is 10.4. The molecule has 0 aliphatic rings. The summed E-state index contributed by atoms with van der Waals surface area (Å²) < 4.78 is 31.4. The van der Waals surface area contributed by atoms with Gasteiger partial charge in [-0.1, -0.05) is 23.2 Å². The second kappa shape index (κ2) is 7.85. The first kappa shape index (κ1) is 18.5. The molecule has 24 heavy (non-hydrogen) atoms. The molecule has 128 valence electrons. The van der Waals surface area contributed by atoms with Gasteiger partial charge in [-0.3, -0.25) is 4.79 Å². The number of carbonyl (C=O) groups excluding carboxylic acids is 1. The largest absolute Gasteiger partial charge is 0.497 e. The highest BCUT2D eigenvalue weighted by molar-refractivity contribution is 7.89. The molecule has 0 fully saturated rings. The molecule has 0 saturated heterocycles. The van der Waals surface area contributed by atoms with Gasteiger partial charge in [-0.2, -0.15) is 0 Å². The van der Waals surface area contributed by atoms with Crippen molar-refractivity contribution in [1.29, 1.82) is 0 Å². The number of amides is 1. The predicted molar refractivity (Wildman–Crippen MR) is 93.3 cm³/mol. The van der Waals surface area contributed by atoms with Crippen LogP contribution in [0.3, 0.4) is 0 Å². The third-order valence-corrected chi connectivity index (χ3v) is 5.15. The Hall–Kier alpha value is -1.80. The van der Waals surface area contributed by atoms with E-state index < -0.39 is 22.5 Å². The molecule has 0 saturated carbocycles. The number of ether oxygens (including phenoxy) is 1. The van der Waals surface area contributed by atoms with Gasteiger partial charge in [-0.15, -0.1) is 0 Å². The molecule has 2 N–H and O–H groups in total. The fourth-order valence-electron chi connectivity index (χ4n) is 1.78. The molecular formula is C15H14Cl2N2O4S. The van der Waals surface area contributed by atoms with Gasteiger partial charge in [0.25, 0.3) is 0 Å². The molecule has 0 unspecified atom stereocenters. The first-order chi connectivity index (χ1) is 11.3. The van der Waals surface area contributed by atoms with Crippen LogP contribution in [-0.4, -0.2) is 28.0 Å². The van der Waals surface area contributed by atoms with Crippen molar-refractivity contribution in [1.82, 2.24) is 4.72 Å². The van der Waals surface area contributed by atoms with E-state index in [1.807, 2.05) is 0 Å². The minimum atomic E-state index is -3.80. The van der Waals surface area contributed by atoms with Gasteiger partial charge in [0, 0.05) is 5.69 Å². The number of methoxy groups -OCH3 is 1. The van der Waals surface area contributed by atoms with E-state index >= 15 is 0 Å². The van der Waals surface area contributed by atoms with E-state index in [1.165, 1.54) is 43.5 Å². The molecule has 0 aromatic heterocycles. The second-order valence-corrected chi connectivity index (χ2v) is 7.26. The van der Waals surface area contributed by atoms with E-state index in [0.717, 1.165) is 0 Å². The molecule has 2 aromatic rings. The Morgan fingerprint density at radius 1 is 1.08 bits per heavy atom. The lowest BCUT2D eigenvalue weighted by atomic mass is 10.3. The Morgan fingerprint density at radius 3 is 2.33 bits per heavy atom. The summed E-state index contributed by atoms with van der Waals surface area (Å²) in [6.45, 7) is -0.422. The number of hydrogen-bond donors (Lipinski definition) is 2. The Kier molecular flexibility index (Phi) is 6.06. The third-order valence-electron chi connectivity index (χ3n) is 3.00. The van der Waals surface area contributed by atoms with Crippen LogP contribution in [0.2, 0.25) is 10.0 Å². The number of rotatable bonds is 6. The minimum Gasteiger partial charge on any atom is -0.497 e. The fourth-order valence-corrected chi connectivity index (χ4v) is 3.06. The maximum atomic E-state index is 12.1. The second-order valence-electron chi connectivity index (χ2n) is 4.68. The van der Waals surface area contributed by atoms with Crippen LogP contribution >= 0.6 is 23.2 Å². The summed E-state index contributed by atoms with van der Waals surface area (Å²) in [5.74, 6) is -0.00298. The first-order valence-corrected chi connectivity index (χ1v) is 8.94.